The van der Waals surface area contributed by atoms with Gasteiger partial charge in [-0.1, -0.05) is 13.8 Å². The van der Waals surface area contributed by atoms with Crippen LogP contribution in [0.4, 0.5) is 11.4 Å². The molecule has 6 heteroatoms. The van der Waals surface area contributed by atoms with Gasteiger partial charge in [-0.2, -0.15) is 0 Å². The van der Waals surface area contributed by atoms with Crippen LogP contribution in [0.1, 0.15) is 37.0 Å². The standard InChI is InChI=1S/C15H21N3O3/c1-10(2)15(6-7-15)9-17-12-5-4-11(14(19)16-3)8-13(12)18(20)21/h4-5,8,10,17H,6-7,9H2,1-3H3,(H,16,19). The van der Waals surface area contributed by atoms with Crippen LogP contribution >= 0.6 is 0 Å². The number of hydrogen-bond donors (Lipinski definition) is 2. The van der Waals surface area contributed by atoms with E-state index < -0.39 is 4.92 Å². The van der Waals surface area contributed by atoms with Crippen molar-refractivity contribution in [1.82, 2.24) is 5.32 Å². The minimum absolute atomic E-state index is 0.0596. The third-order valence-corrected chi connectivity index (χ3v) is 4.43. The van der Waals surface area contributed by atoms with Crippen LogP contribution in [-0.4, -0.2) is 24.4 Å². The lowest BCUT2D eigenvalue weighted by Gasteiger charge is -2.20. The number of nitrogens with one attached hydrogen (secondary N) is 2. The second-order valence-corrected chi connectivity index (χ2v) is 5.94. The molecule has 0 unspecified atom stereocenters. The maximum Gasteiger partial charge on any atom is 0.293 e. The van der Waals surface area contributed by atoms with Crippen LogP contribution in [0, 0.1) is 21.4 Å². The molecule has 114 valence electrons. The number of nitrogens with zero attached hydrogens (tertiary/aromatic N) is 1. The molecule has 1 aliphatic carbocycles. The number of nitro benzene ring substituents is 1. The monoisotopic (exact) mass is 291 g/mol. The number of rotatable bonds is 6. The average Bonchev–Trinajstić information content (AvgIpc) is 3.25. The van der Waals surface area contributed by atoms with Gasteiger partial charge in [0.1, 0.15) is 5.69 Å². The Morgan fingerprint density at radius 2 is 2.10 bits per heavy atom. The Bertz CT molecular complexity index is 565. The molecule has 1 saturated carbocycles. The summed E-state index contributed by atoms with van der Waals surface area (Å²) in [6.45, 7) is 5.08. The Balaban J connectivity index is 2.19. The highest BCUT2D eigenvalue weighted by molar-refractivity contribution is 5.95. The van der Waals surface area contributed by atoms with Crippen LogP contribution in [0.5, 0.6) is 0 Å². The SMILES string of the molecule is CNC(=O)c1ccc(NCC2(C(C)C)CC2)c([N+](=O)[O-])c1. The first-order valence-electron chi connectivity index (χ1n) is 7.14. The first-order valence-corrected chi connectivity index (χ1v) is 7.14. The van der Waals surface area contributed by atoms with Crippen molar-refractivity contribution in [3.63, 3.8) is 0 Å². The maximum absolute atomic E-state index is 11.6. The number of amides is 1. The lowest BCUT2D eigenvalue weighted by molar-refractivity contribution is -0.384. The molecule has 1 aromatic carbocycles. The molecular weight excluding hydrogens is 270 g/mol. The Hall–Kier alpha value is -2.11. The molecule has 1 amide bonds. The molecule has 1 aliphatic rings. The van der Waals surface area contributed by atoms with E-state index in [2.05, 4.69) is 24.5 Å². The zero-order valence-electron chi connectivity index (χ0n) is 12.6. The number of carbonyl (C=O) groups excluding carboxylic acids is 1. The van der Waals surface area contributed by atoms with Crippen molar-refractivity contribution in [3.8, 4) is 0 Å². The topological polar surface area (TPSA) is 84.3 Å². The quantitative estimate of drug-likeness (QED) is 0.623. The highest BCUT2D eigenvalue weighted by Gasteiger charge is 2.45. The Morgan fingerprint density at radius 3 is 2.57 bits per heavy atom. The smallest absolute Gasteiger partial charge is 0.293 e. The van der Waals surface area contributed by atoms with Gasteiger partial charge in [-0.25, -0.2) is 0 Å². The molecule has 2 rings (SSSR count). The average molecular weight is 291 g/mol. The Morgan fingerprint density at radius 1 is 1.43 bits per heavy atom. The molecule has 0 radical (unpaired) electrons. The highest BCUT2D eigenvalue weighted by Crippen LogP contribution is 2.51. The predicted molar refractivity (Wildman–Crippen MR) is 81.5 cm³/mol. The predicted octanol–water partition coefficient (Wildman–Crippen LogP) is 2.80. The Kier molecular flexibility index (Phi) is 4.16. The zero-order valence-corrected chi connectivity index (χ0v) is 12.6. The van der Waals surface area contributed by atoms with Crippen molar-refractivity contribution in [1.29, 1.82) is 0 Å². The second kappa shape index (κ2) is 5.71. The van der Waals surface area contributed by atoms with E-state index in [1.807, 2.05) is 0 Å². The molecule has 2 N–H and O–H groups in total. The summed E-state index contributed by atoms with van der Waals surface area (Å²) in [5.74, 6) is 0.222. The highest BCUT2D eigenvalue weighted by atomic mass is 16.6. The fourth-order valence-corrected chi connectivity index (χ4v) is 2.51. The van der Waals surface area contributed by atoms with E-state index in [4.69, 9.17) is 0 Å². The summed E-state index contributed by atoms with van der Waals surface area (Å²) in [5.41, 5.74) is 0.961. The van der Waals surface area contributed by atoms with Gasteiger partial charge in [0.2, 0.25) is 0 Å². The van der Waals surface area contributed by atoms with E-state index in [1.54, 1.807) is 12.1 Å². The van der Waals surface area contributed by atoms with Gasteiger partial charge in [-0.05, 0) is 36.3 Å². The number of nitro groups is 1. The summed E-state index contributed by atoms with van der Waals surface area (Å²) in [5, 5.41) is 16.8. The molecule has 0 aromatic heterocycles. The van der Waals surface area contributed by atoms with Crippen molar-refractivity contribution in [2.45, 2.75) is 26.7 Å². The van der Waals surface area contributed by atoms with Gasteiger partial charge in [0, 0.05) is 25.2 Å². The van der Waals surface area contributed by atoms with Crippen LogP contribution < -0.4 is 10.6 Å². The number of carbonyl (C=O) groups is 1. The third kappa shape index (κ3) is 3.15. The Labute approximate surface area is 124 Å². The molecule has 0 spiro atoms. The van der Waals surface area contributed by atoms with Crippen molar-refractivity contribution in [3.05, 3.63) is 33.9 Å². The van der Waals surface area contributed by atoms with Gasteiger partial charge >= 0.3 is 0 Å². The molecule has 0 bridgehead atoms. The summed E-state index contributed by atoms with van der Waals surface area (Å²) >= 11 is 0. The van der Waals surface area contributed by atoms with Crippen molar-refractivity contribution in [2.24, 2.45) is 11.3 Å². The molecule has 0 heterocycles. The molecular formula is C15H21N3O3. The van der Waals surface area contributed by atoms with Crippen LogP contribution in [0.3, 0.4) is 0 Å². The maximum atomic E-state index is 11.6. The lowest BCUT2D eigenvalue weighted by atomic mass is 9.92. The molecule has 1 aromatic rings. The minimum Gasteiger partial charge on any atom is -0.379 e. The fourth-order valence-electron chi connectivity index (χ4n) is 2.51. The van der Waals surface area contributed by atoms with Gasteiger partial charge in [0.25, 0.3) is 11.6 Å². The summed E-state index contributed by atoms with van der Waals surface area (Å²) in [6, 6.07) is 4.53. The largest absolute Gasteiger partial charge is 0.379 e. The van der Waals surface area contributed by atoms with Crippen molar-refractivity contribution < 1.29 is 9.72 Å². The molecule has 21 heavy (non-hydrogen) atoms. The minimum atomic E-state index is -0.455. The zero-order chi connectivity index (χ0) is 15.6. The van der Waals surface area contributed by atoms with Crippen LogP contribution in [0.2, 0.25) is 0 Å². The van der Waals surface area contributed by atoms with Crippen LogP contribution in [0.25, 0.3) is 0 Å². The van der Waals surface area contributed by atoms with Gasteiger partial charge in [-0.3, -0.25) is 14.9 Å². The van der Waals surface area contributed by atoms with Gasteiger partial charge in [-0.15, -0.1) is 0 Å². The van der Waals surface area contributed by atoms with E-state index in [0.29, 0.717) is 17.2 Å². The molecule has 0 aliphatic heterocycles. The number of anilines is 1. The molecule has 1 fully saturated rings. The van der Waals surface area contributed by atoms with Gasteiger partial charge in [0.15, 0.2) is 0 Å². The fraction of sp³-hybridized carbons (Fsp3) is 0.533. The van der Waals surface area contributed by atoms with E-state index in [0.717, 1.165) is 19.4 Å². The van der Waals surface area contributed by atoms with Crippen molar-refractivity contribution in [2.75, 3.05) is 18.9 Å². The number of benzene rings is 1. The van der Waals surface area contributed by atoms with Crippen molar-refractivity contribution >= 4 is 17.3 Å². The molecule has 6 nitrogen and oxygen atoms in total. The summed E-state index contributed by atoms with van der Waals surface area (Å²) in [4.78, 5) is 22.3. The summed E-state index contributed by atoms with van der Waals surface area (Å²) in [7, 11) is 1.50. The molecule has 0 atom stereocenters. The third-order valence-electron chi connectivity index (χ3n) is 4.43. The lowest BCUT2D eigenvalue weighted by Crippen LogP contribution is -2.22. The van der Waals surface area contributed by atoms with Gasteiger partial charge < -0.3 is 10.6 Å². The van der Waals surface area contributed by atoms with E-state index in [-0.39, 0.29) is 17.0 Å². The first kappa shape index (κ1) is 15.3. The van der Waals surface area contributed by atoms with Gasteiger partial charge in [0.05, 0.1) is 4.92 Å². The van der Waals surface area contributed by atoms with Crippen LogP contribution in [0.15, 0.2) is 18.2 Å². The van der Waals surface area contributed by atoms with Crippen LogP contribution in [-0.2, 0) is 0 Å². The second-order valence-electron chi connectivity index (χ2n) is 5.94. The number of hydrogen-bond acceptors (Lipinski definition) is 4. The van der Waals surface area contributed by atoms with E-state index >= 15 is 0 Å². The summed E-state index contributed by atoms with van der Waals surface area (Å²) in [6.07, 6.45) is 2.31. The summed E-state index contributed by atoms with van der Waals surface area (Å²) < 4.78 is 0. The normalized spacial score (nSPS) is 15.6. The first-order chi connectivity index (χ1) is 9.89. The van der Waals surface area contributed by atoms with E-state index in [9.17, 15) is 14.9 Å². The van der Waals surface area contributed by atoms with E-state index in [1.165, 1.54) is 13.1 Å². The molecule has 0 saturated heterocycles.